The van der Waals surface area contributed by atoms with Crippen molar-refractivity contribution in [1.29, 1.82) is 0 Å². The van der Waals surface area contributed by atoms with Crippen molar-refractivity contribution in [3.05, 3.63) is 48.0 Å². The minimum Gasteiger partial charge on any atom is -0.852 e. The van der Waals surface area contributed by atoms with Gasteiger partial charge in [-0.05, 0) is 25.3 Å². The zero-order valence-electron chi connectivity index (χ0n) is 9.65. The second-order valence-corrected chi connectivity index (χ2v) is 3.45. The minimum atomic E-state index is -0.452. The third-order valence-corrected chi connectivity index (χ3v) is 2.23. The van der Waals surface area contributed by atoms with Crippen LogP contribution in [0.5, 0.6) is 0 Å². The van der Waals surface area contributed by atoms with Crippen LogP contribution in [0.2, 0.25) is 0 Å². The molecule has 0 N–H and O–H groups in total. The van der Waals surface area contributed by atoms with Gasteiger partial charge in [-0.3, -0.25) is 0 Å². The number of hydrogen-bond donors (Lipinski definition) is 0. The molecule has 0 aliphatic rings. The summed E-state index contributed by atoms with van der Waals surface area (Å²) < 4.78 is 0. The molecule has 0 fully saturated rings. The van der Waals surface area contributed by atoms with E-state index in [1.807, 2.05) is 37.3 Å². The molecule has 1 rings (SSSR count). The third-order valence-electron chi connectivity index (χ3n) is 2.23. The quantitative estimate of drug-likeness (QED) is 0.452. The van der Waals surface area contributed by atoms with Crippen molar-refractivity contribution >= 4 is 0 Å². The molecule has 0 aliphatic carbocycles. The summed E-state index contributed by atoms with van der Waals surface area (Å²) in [4.78, 5) is 0. The Labute approximate surface area is 104 Å². The Morgan fingerprint density at radius 2 is 1.93 bits per heavy atom. The number of allylic oxidation sites excluding steroid dienone is 1. The fourth-order valence-electron chi connectivity index (χ4n) is 1.38. The molecule has 1 aromatic rings. The van der Waals surface area contributed by atoms with Crippen LogP contribution in [0.25, 0.3) is 0 Å². The average molecular weight is 196 g/mol. The number of aryl methyl sites for hydroxylation is 1. The van der Waals surface area contributed by atoms with Gasteiger partial charge in [0.15, 0.2) is 0 Å². The SMILES string of the molecule is C/C=C\C[C@@H]([O-])CCc1ccccc1.[Li+]. The molecule has 0 radical (unpaired) electrons. The molecule has 0 heterocycles. The molecule has 0 amide bonds. The van der Waals surface area contributed by atoms with E-state index < -0.39 is 6.10 Å². The monoisotopic (exact) mass is 196 g/mol. The maximum absolute atomic E-state index is 11.4. The molecule has 0 aliphatic heterocycles. The van der Waals surface area contributed by atoms with Gasteiger partial charge >= 0.3 is 18.9 Å². The first-order valence-electron chi connectivity index (χ1n) is 5.14. The molecule has 76 valence electrons. The van der Waals surface area contributed by atoms with Crippen LogP contribution < -0.4 is 24.0 Å². The Balaban J connectivity index is 0.00000196. The van der Waals surface area contributed by atoms with Crippen LogP contribution in [0, 0.1) is 0 Å². The van der Waals surface area contributed by atoms with Crippen LogP contribution >= 0.6 is 0 Å². The molecule has 0 spiro atoms. The molecule has 1 nitrogen and oxygen atoms in total. The van der Waals surface area contributed by atoms with E-state index in [1.54, 1.807) is 0 Å². The Hall–Kier alpha value is -0.483. The molecule has 2 heteroatoms. The van der Waals surface area contributed by atoms with Gasteiger partial charge in [0.2, 0.25) is 0 Å². The van der Waals surface area contributed by atoms with Crippen molar-refractivity contribution in [3.8, 4) is 0 Å². The number of hydrogen-bond acceptors (Lipinski definition) is 1. The maximum Gasteiger partial charge on any atom is 1.00 e. The average Bonchev–Trinajstić information content (AvgIpc) is 2.25. The van der Waals surface area contributed by atoms with E-state index in [4.69, 9.17) is 0 Å². The van der Waals surface area contributed by atoms with Crippen molar-refractivity contribution in [3.63, 3.8) is 0 Å². The van der Waals surface area contributed by atoms with Crippen LogP contribution in [0.3, 0.4) is 0 Å². The topological polar surface area (TPSA) is 23.1 Å². The standard InChI is InChI=1S/C13H17O.Li/c1-2-3-9-13(14)11-10-12-7-5-4-6-8-12;/h2-8,13H,9-11H2,1H3;/q-1;+1/b3-2-;/t13-;/m1./s1. The molecule has 0 saturated carbocycles. The number of benzene rings is 1. The van der Waals surface area contributed by atoms with Gasteiger partial charge in [-0.1, -0.05) is 48.9 Å². The molecular formula is C13H17LiO. The van der Waals surface area contributed by atoms with Crippen LogP contribution in [0.4, 0.5) is 0 Å². The summed E-state index contributed by atoms with van der Waals surface area (Å²) in [6.07, 6.45) is 5.71. The Kier molecular flexibility index (Phi) is 8.51. The second-order valence-electron chi connectivity index (χ2n) is 3.45. The zero-order valence-corrected chi connectivity index (χ0v) is 9.65. The van der Waals surface area contributed by atoms with Gasteiger partial charge in [-0.2, -0.15) is 0 Å². The summed E-state index contributed by atoms with van der Waals surface area (Å²) in [5.74, 6) is 0. The Morgan fingerprint density at radius 3 is 2.53 bits per heavy atom. The molecule has 1 atom stereocenters. The summed E-state index contributed by atoms with van der Waals surface area (Å²) >= 11 is 0. The first-order chi connectivity index (χ1) is 6.83. The third kappa shape index (κ3) is 6.57. The molecule has 15 heavy (non-hydrogen) atoms. The Morgan fingerprint density at radius 1 is 1.27 bits per heavy atom. The van der Waals surface area contributed by atoms with Gasteiger partial charge < -0.3 is 5.11 Å². The largest absolute Gasteiger partial charge is 1.00 e. The molecule has 0 saturated heterocycles. The molecule has 0 unspecified atom stereocenters. The van der Waals surface area contributed by atoms with Crippen molar-refractivity contribution in [2.45, 2.75) is 32.3 Å². The van der Waals surface area contributed by atoms with Crippen molar-refractivity contribution in [2.75, 3.05) is 0 Å². The smallest absolute Gasteiger partial charge is 0.852 e. The van der Waals surface area contributed by atoms with E-state index in [2.05, 4.69) is 12.1 Å². The van der Waals surface area contributed by atoms with Crippen LogP contribution in [-0.4, -0.2) is 6.10 Å². The van der Waals surface area contributed by atoms with Crippen molar-refractivity contribution in [2.24, 2.45) is 0 Å². The van der Waals surface area contributed by atoms with Crippen molar-refractivity contribution < 1.29 is 24.0 Å². The fraction of sp³-hybridized carbons (Fsp3) is 0.385. The second kappa shape index (κ2) is 8.80. The summed E-state index contributed by atoms with van der Waals surface area (Å²) in [7, 11) is 0. The summed E-state index contributed by atoms with van der Waals surface area (Å²) in [5, 5.41) is 11.4. The molecule has 0 aromatic heterocycles. The van der Waals surface area contributed by atoms with E-state index in [-0.39, 0.29) is 18.9 Å². The first-order valence-corrected chi connectivity index (χ1v) is 5.14. The normalized spacial score (nSPS) is 12.4. The van der Waals surface area contributed by atoms with E-state index in [0.717, 1.165) is 12.8 Å². The predicted molar refractivity (Wildman–Crippen MR) is 58.0 cm³/mol. The van der Waals surface area contributed by atoms with E-state index in [9.17, 15) is 5.11 Å². The van der Waals surface area contributed by atoms with Crippen LogP contribution in [0.1, 0.15) is 25.3 Å². The van der Waals surface area contributed by atoms with Gasteiger partial charge in [-0.25, -0.2) is 0 Å². The van der Waals surface area contributed by atoms with Gasteiger partial charge in [0, 0.05) is 0 Å². The maximum atomic E-state index is 11.4. The van der Waals surface area contributed by atoms with Gasteiger partial charge in [0.1, 0.15) is 0 Å². The minimum absolute atomic E-state index is 0. The molecule has 0 bridgehead atoms. The van der Waals surface area contributed by atoms with Crippen molar-refractivity contribution in [1.82, 2.24) is 0 Å². The summed E-state index contributed by atoms with van der Waals surface area (Å²) in [5.41, 5.74) is 1.26. The first kappa shape index (κ1) is 14.5. The molecular weight excluding hydrogens is 179 g/mol. The summed E-state index contributed by atoms with van der Waals surface area (Å²) in [6.45, 7) is 1.95. The van der Waals surface area contributed by atoms with E-state index in [0.29, 0.717) is 6.42 Å². The van der Waals surface area contributed by atoms with Gasteiger partial charge in [0.25, 0.3) is 0 Å². The van der Waals surface area contributed by atoms with Gasteiger partial charge in [-0.15, -0.1) is 6.10 Å². The van der Waals surface area contributed by atoms with Crippen LogP contribution in [-0.2, 0) is 6.42 Å². The molecule has 1 aromatic carbocycles. The van der Waals surface area contributed by atoms with Gasteiger partial charge in [0.05, 0.1) is 0 Å². The Bertz CT molecular complexity index is 269. The number of rotatable bonds is 5. The summed E-state index contributed by atoms with van der Waals surface area (Å²) in [6, 6.07) is 10.2. The van der Waals surface area contributed by atoms with Crippen LogP contribution in [0.15, 0.2) is 42.5 Å². The predicted octanol–water partition coefficient (Wildman–Crippen LogP) is -0.682. The van der Waals surface area contributed by atoms with E-state index >= 15 is 0 Å². The van der Waals surface area contributed by atoms with E-state index in [1.165, 1.54) is 5.56 Å². The zero-order chi connectivity index (χ0) is 10.2. The fourth-order valence-corrected chi connectivity index (χ4v) is 1.38.